The molecule has 1 unspecified atom stereocenters. The van der Waals surface area contributed by atoms with Gasteiger partial charge in [0.2, 0.25) is 12.8 Å². The van der Waals surface area contributed by atoms with E-state index < -0.39 is 6.86 Å². The van der Waals surface area contributed by atoms with E-state index in [1.165, 1.54) is 12.1 Å². The van der Waals surface area contributed by atoms with Gasteiger partial charge < -0.3 is 15.2 Å². The Morgan fingerprint density at radius 1 is 1.21 bits per heavy atom. The van der Waals surface area contributed by atoms with Crippen molar-refractivity contribution >= 4 is 17.3 Å². The van der Waals surface area contributed by atoms with E-state index in [9.17, 15) is 9.18 Å². The first-order valence-electron chi connectivity index (χ1n) is 9.16. The number of ether oxygens (including phenoxy) is 2. The summed E-state index contributed by atoms with van der Waals surface area (Å²) in [6, 6.07) is 12.6. The molecule has 3 rings (SSSR count). The van der Waals surface area contributed by atoms with Crippen LogP contribution in [0.2, 0.25) is 0 Å². The number of halogens is 1. The average Bonchev–Trinajstić information content (AvgIpc) is 2.71. The molecule has 148 valence electrons. The number of hydrogen-bond acceptors (Lipinski definition) is 5. The SMILES string of the molecule is CCC1CC(=O)N(Cc2ccc(N)cc2)N=C1c1ccc(OCF)c(OC)c1. The number of rotatable bonds is 7. The molecule has 0 radical (unpaired) electrons. The van der Waals surface area contributed by atoms with Gasteiger partial charge in [-0.05, 0) is 42.3 Å². The van der Waals surface area contributed by atoms with Crippen molar-refractivity contribution in [2.75, 3.05) is 19.7 Å². The van der Waals surface area contributed by atoms with Crippen molar-refractivity contribution in [3.05, 3.63) is 53.6 Å². The standard InChI is InChI=1S/C21H24FN3O3/c1-3-15-11-20(26)25(12-14-4-7-17(23)8-5-14)24-21(15)16-6-9-18(28-13-22)19(10-16)27-2/h4-10,15H,3,11-13,23H2,1-2H3. The first-order valence-corrected chi connectivity index (χ1v) is 9.16. The van der Waals surface area contributed by atoms with Gasteiger partial charge in [0, 0.05) is 23.6 Å². The second kappa shape index (κ2) is 8.73. The topological polar surface area (TPSA) is 77.2 Å². The summed E-state index contributed by atoms with van der Waals surface area (Å²) < 4.78 is 22.8. The minimum absolute atomic E-state index is 0.00724. The normalized spacial score (nSPS) is 16.7. The van der Waals surface area contributed by atoms with E-state index in [4.69, 9.17) is 15.2 Å². The number of alkyl halides is 1. The molecule has 0 saturated carbocycles. The molecule has 1 heterocycles. The van der Waals surface area contributed by atoms with Crippen LogP contribution < -0.4 is 15.2 Å². The Balaban J connectivity index is 1.94. The van der Waals surface area contributed by atoms with Crippen LogP contribution in [0.25, 0.3) is 0 Å². The molecule has 1 amide bonds. The zero-order valence-electron chi connectivity index (χ0n) is 16.0. The number of methoxy groups -OCH3 is 1. The molecule has 2 aromatic carbocycles. The molecule has 28 heavy (non-hydrogen) atoms. The number of hydrogen-bond donors (Lipinski definition) is 1. The molecular weight excluding hydrogens is 361 g/mol. The van der Waals surface area contributed by atoms with Gasteiger partial charge in [-0.15, -0.1) is 0 Å². The predicted octanol–water partition coefficient (Wildman–Crippen LogP) is 3.75. The molecule has 0 fully saturated rings. The molecule has 6 nitrogen and oxygen atoms in total. The van der Waals surface area contributed by atoms with Crippen molar-refractivity contribution in [2.24, 2.45) is 11.0 Å². The Bertz CT molecular complexity index is 868. The highest BCUT2D eigenvalue weighted by Gasteiger charge is 2.29. The summed E-state index contributed by atoms with van der Waals surface area (Å²) in [4.78, 5) is 12.6. The zero-order valence-corrected chi connectivity index (χ0v) is 16.0. The fraction of sp³-hybridized carbons (Fsp3) is 0.333. The lowest BCUT2D eigenvalue weighted by Crippen LogP contribution is -2.36. The first kappa shape index (κ1) is 19.7. The van der Waals surface area contributed by atoms with Crippen molar-refractivity contribution < 1.29 is 18.7 Å². The molecule has 0 spiro atoms. The number of nitrogens with zero attached hydrogens (tertiary/aromatic N) is 2. The molecule has 1 aliphatic rings. The quantitative estimate of drug-likeness (QED) is 0.737. The van der Waals surface area contributed by atoms with Gasteiger partial charge in [-0.25, -0.2) is 9.40 Å². The van der Waals surface area contributed by atoms with Gasteiger partial charge in [0.15, 0.2) is 11.5 Å². The third-order valence-corrected chi connectivity index (χ3v) is 4.80. The van der Waals surface area contributed by atoms with Crippen molar-refractivity contribution in [3.63, 3.8) is 0 Å². The number of anilines is 1. The van der Waals surface area contributed by atoms with Crippen LogP contribution in [0.1, 0.15) is 30.9 Å². The minimum atomic E-state index is -0.932. The molecule has 2 N–H and O–H groups in total. The van der Waals surface area contributed by atoms with E-state index in [1.54, 1.807) is 24.3 Å². The van der Waals surface area contributed by atoms with Crippen LogP contribution in [0.15, 0.2) is 47.6 Å². The maximum Gasteiger partial charge on any atom is 0.243 e. The highest BCUT2D eigenvalue weighted by molar-refractivity contribution is 6.06. The maximum atomic E-state index is 12.6. The Hall–Kier alpha value is -3.09. The number of carbonyl (C=O) groups is 1. The van der Waals surface area contributed by atoms with Gasteiger partial charge in [-0.3, -0.25) is 4.79 Å². The van der Waals surface area contributed by atoms with Gasteiger partial charge in [0.25, 0.3) is 0 Å². The smallest absolute Gasteiger partial charge is 0.243 e. The van der Waals surface area contributed by atoms with Crippen molar-refractivity contribution in [1.82, 2.24) is 5.01 Å². The van der Waals surface area contributed by atoms with E-state index in [1.807, 2.05) is 25.1 Å². The van der Waals surface area contributed by atoms with Crippen LogP contribution in [0.3, 0.4) is 0 Å². The summed E-state index contributed by atoms with van der Waals surface area (Å²) in [5, 5.41) is 6.14. The second-order valence-corrected chi connectivity index (χ2v) is 6.61. The van der Waals surface area contributed by atoms with Gasteiger partial charge in [-0.2, -0.15) is 5.10 Å². The third-order valence-electron chi connectivity index (χ3n) is 4.80. The highest BCUT2D eigenvalue weighted by Crippen LogP contribution is 2.32. The molecule has 1 atom stereocenters. The maximum absolute atomic E-state index is 12.6. The van der Waals surface area contributed by atoms with E-state index in [2.05, 4.69) is 5.10 Å². The van der Waals surface area contributed by atoms with E-state index in [0.717, 1.165) is 23.3 Å². The van der Waals surface area contributed by atoms with Gasteiger partial charge in [0.1, 0.15) is 0 Å². The number of carbonyl (C=O) groups excluding carboxylic acids is 1. The summed E-state index contributed by atoms with van der Waals surface area (Å²) in [5.74, 6) is 0.743. The fourth-order valence-electron chi connectivity index (χ4n) is 3.24. The molecule has 0 aliphatic carbocycles. The second-order valence-electron chi connectivity index (χ2n) is 6.61. The number of nitrogens with two attached hydrogens (primary N) is 1. The minimum Gasteiger partial charge on any atom is -0.493 e. The van der Waals surface area contributed by atoms with Crippen LogP contribution >= 0.6 is 0 Å². The molecule has 1 aliphatic heterocycles. The van der Waals surface area contributed by atoms with Crippen LogP contribution in [0, 0.1) is 5.92 Å². The Morgan fingerprint density at radius 3 is 2.61 bits per heavy atom. The average molecular weight is 385 g/mol. The molecule has 2 aromatic rings. The van der Waals surface area contributed by atoms with Gasteiger partial charge >= 0.3 is 0 Å². The first-order chi connectivity index (χ1) is 13.5. The summed E-state index contributed by atoms with van der Waals surface area (Å²) in [6.45, 7) is 1.47. The van der Waals surface area contributed by atoms with E-state index in [-0.39, 0.29) is 11.8 Å². The summed E-state index contributed by atoms with van der Waals surface area (Å²) in [5.41, 5.74) is 8.98. The largest absolute Gasteiger partial charge is 0.493 e. The fourth-order valence-corrected chi connectivity index (χ4v) is 3.24. The monoisotopic (exact) mass is 385 g/mol. The number of benzene rings is 2. The molecule has 0 saturated heterocycles. The third kappa shape index (κ3) is 4.24. The summed E-state index contributed by atoms with van der Waals surface area (Å²) in [6.07, 6.45) is 1.17. The zero-order chi connectivity index (χ0) is 20.1. The van der Waals surface area contributed by atoms with Crippen LogP contribution in [0.4, 0.5) is 10.1 Å². The van der Waals surface area contributed by atoms with Crippen LogP contribution in [-0.4, -0.2) is 30.6 Å². The highest BCUT2D eigenvalue weighted by atomic mass is 19.1. The Kier molecular flexibility index (Phi) is 6.13. The van der Waals surface area contributed by atoms with Crippen molar-refractivity contribution in [3.8, 4) is 11.5 Å². The predicted molar refractivity (Wildman–Crippen MR) is 106 cm³/mol. The molecular formula is C21H24FN3O3. The van der Waals surface area contributed by atoms with E-state index in [0.29, 0.717) is 30.2 Å². The van der Waals surface area contributed by atoms with Crippen LogP contribution in [-0.2, 0) is 11.3 Å². The molecule has 7 heteroatoms. The number of hydrazone groups is 1. The van der Waals surface area contributed by atoms with E-state index >= 15 is 0 Å². The Labute approximate surface area is 163 Å². The summed E-state index contributed by atoms with van der Waals surface area (Å²) in [7, 11) is 1.50. The lowest BCUT2D eigenvalue weighted by Gasteiger charge is -2.29. The van der Waals surface area contributed by atoms with Gasteiger partial charge in [0.05, 0.1) is 19.4 Å². The molecule has 0 aromatic heterocycles. The molecule has 0 bridgehead atoms. The van der Waals surface area contributed by atoms with Gasteiger partial charge in [-0.1, -0.05) is 19.1 Å². The lowest BCUT2D eigenvalue weighted by molar-refractivity contribution is -0.133. The lowest BCUT2D eigenvalue weighted by atomic mass is 9.89. The van der Waals surface area contributed by atoms with Crippen molar-refractivity contribution in [2.45, 2.75) is 26.3 Å². The number of nitrogen functional groups attached to an aromatic ring is 1. The summed E-state index contributed by atoms with van der Waals surface area (Å²) >= 11 is 0. The van der Waals surface area contributed by atoms with Crippen molar-refractivity contribution in [1.29, 1.82) is 0 Å². The van der Waals surface area contributed by atoms with Crippen LogP contribution in [0.5, 0.6) is 11.5 Å². The Morgan fingerprint density at radius 2 is 1.96 bits per heavy atom. The number of amides is 1.